The van der Waals surface area contributed by atoms with Crippen LogP contribution in [0.4, 0.5) is 4.39 Å². The monoisotopic (exact) mass is 436 g/mol. The van der Waals surface area contributed by atoms with Gasteiger partial charge in [0.05, 0.1) is 26.2 Å². The molecule has 0 saturated heterocycles. The van der Waals surface area contributed by atoms with Crippen molar-refractivity contribution in [3.63, 3.8) is 0 Å². The van der Waals surface area contributed by atoms with Gasteiger partial charge in [-0.3, -0.25) is 0 Å². The van der Waals surface area contributed by atoms with E-state index in [0.29, 0.717) is 0 Å². The van der Waals surface area contributed by atoms with Gasteiger partial charge in [-0.25, -0.2) is 22.5 Å². The maximum Gasteiger partial charge on any atom is 0.242 e. The molecular weight excluding hydrogens is 425 g/mol. The second-order valence-corrected chi connectivity index (χ2v) is 7.55. The summed E-state index contributed by atoms with van der Waals surface area (Å²) in [6, 6.07) is 4.78. The second-order valence-electron chi connectivity index (χ2n) is 4.76. The third kappa shape index (κ3) is 2.88. The number of methoxy groups -OCH3 is 1. The van der Waals surface area contributed by atoms with Crippen LogP contribution in [-0.4, -0.2) is 25.1 Å². The van der Waals surface area contributed by atoms with Crippen LogP contribution in [0.3, 0.4) is 0 Å². The van der Waals surface area contributed by atoms with E-state index in [2.05, 4.69) is 21.0 Å². The van der Waals surface area contributed by atoms with Gasteiger partial charge < -0.3 is 4.74 Å². The van der Waals surface area contributed by atoms with Gasteiger partial charge in [0.1, 0.15) is 22.2 Å². The van der Waals surface area contributed by atoms with E-state index in [1.54, 1.807) is 0 Å². The number of hydrogen-bond acceptors (Lipinski definition) is 4. The van der Waals surface area contributed by atoms with Crippen molar-refractivity contribution in [2.45, 2.75) is 4.90 Å². The fraction of sp³-hybridized carbons (Fsp3) is 0.0714. The third-order valence-corrected chi connectivity index (χ3v) is 5.02. The van der Waals surface area contributed by atoms with Crippen LogP contribution in [-0.2, 0) is 10.0 Å². The molecule has 6 nitrogen and oxygen atoms in total. The smallest absolute Gasteiger partial charge is 0.242 e. The third-order valence-electron chi connectivity index (χ3n) is 3.22. The first-order chi connectivity index (χ1) is 12.4. The standard InChI is InChI=1S/C14H10BrClFN3O3S/c1-23-12-5-9(15)10(17)4-8(12)13-14(24(18,21)22)11-3-2-7(16)6-20(11)19-13/h2-6H,1H3,(H2,18,21,22)/i1D3. The van der Waals surface area contributed by atoms with Crippen molar-refractivity contribution in [1.29, 1.82) is 0 Å². The van der Waals surface area contributed by atoms with Crippen molar-refractivity contribution in [2.24, 2.45) is 5.14 Å². The summed E-state index contributed by atoms with van der Waals surface area (Å²) in [7, 11) is -7.18. The molecule has 0 unspecified atom stereocenters. The lowest BCUT2D eigenvalue weighted by Crippen LogP contribution is -2.13. The van der Waals surface area contributed by atoms with Gasteiger partial charge in [0, 0.05) is 11.8 Å². The first-order valence-electron chi connectivity index (χ1n) is 7.76. The Morgan fingerprint density at radius 1 is 1.46 bits per heavy atom. The molecule has 10 heteroatoms. The highest BCUT2D eigenvalue weighted by Crippen LogP contribution is 2.38. The van der Waals surface area contributed by atoms with Gasteiger partial charge in [-0.05, 0) is 40.2 Å². The number of nitrogens with zero attached hydrogens (tertiary/aromatic N) is 2. The molecule has 3 aromatic rings. The number of halogens is 3. The van der Waals surface area contributed by atoms with Crippen LogP contribution in [0.2, 0.25) is 5.02 Å². The Kier molecular flexibility index (Phi) is 3.40. The number of aromatic nitrogens is 2. The zero-order valence-corrected chi connectivity index (χ0v) is 14.8. The lowest BCUT2D eigenvalue weighted by Gasteiger charge is -2.09. The van der Waals surface area contributed by atoms with Gasteiger partial charge in [-0.15, -0.1) is 0 Å². The zero-order valence-electron chi connectivity index (χ0n) is 14.6. The molecule has 0 radical (unpaired) electrons. The van der Waals surface area contributed by atoms with Crippen LogP contribution < -0.4 is 9.88 Å². The van der Waals surface area contributed by atoms with E-state index < -0.39 is 27.8 Å². The number of benzene rings is 1. The maximum atomic E-state index is 14.1. The minimum absolute atomic E-state index is 0.0746. The first-order valence-corrected chi connectivity index (χ1v) is 8.98. The second kappa shape index (κ2) is 5.99. The summed E-state index contributed by atoms with van der Waals surface area (Å²) in [5, 5.41) is 9.68. The fourth-order valence-corrected chi connectivity index (χ4v) is 3.61. The quantitative estimate of drug-likeness (QED) is 0.681. The molecule has 0 aliphatic heterocycles. The summed E-state index contributed by atoms with van der Waals surface area (Å²) < 4.78 is 66.3. The van der Waals surface area contributed by atoms with Crippen LogP contribution in [0.5, 0.6) is 5.75 Å². The molecule has 0 atom stereocenters. The fourth-order valence-electron chi connectivity index (χ4n) is 2.26. The Hall–Kier alpha value is -1.68. The predicted octanol–water partition coefficient (Wildman–Crippen LogP) is 3.21. The highest BCUT2D eigenvalue weighted by Gasteiger charge is 2.26. The molecule has 1 aromatic carbocycles. The molecule has 0 saturated carbocycles. The summed E-state index contributed by atoms with van der Waals surface area (Å²) in [6.07, 6.45) is 1.33. The van der Waals surface area contributed by atoms with Gasteiger partial charge in [0.2, 0.25) is 10.0 Å². The Morgan fingerprint density at radius 3 is 2.88 bits per heavy atom. The number of ether oxygens (including phenoxy) is 1. The molecule has 0 amide bonds. The van der Waals surface area contributed by atoms with Gasteiger partial charge >= 0.3 is 0 Å². The van der Waals surface area contributed by atoms with E-state index in [-0.39, 0.29) is 32.0 Å². The molecule has 2 aromatic heterocycles. The molecule has 0 bridgehead atoms. The minimum atomic E-state index is -4.32. The van der Waals surface area contributed by atoms with Crippen molar-refractivity contribution in [1.82, 2.24) is 9.61 Å². The number of pyridine rings is 1. The molecule has 0 aliphatic rings. The summed E-state index contributed by atoms with van der Waals surface area (Å²) in [6.45, 7) is 0. The highest BCUT2D eigenvalue weighted by atomic mass is 79.9. The largest absolute Gasteiger partial charge is 0.496 e. The Morgan fingerprint density at radius 2 is 2.21 bits per heavy atom. The summed E-state index contributed by atoms with van der Waals surface area (Å²) in [5.74, 6) is -1.08. The Balaban J connectivity index is 2.40. The first kappa shape index (κ1) is 13.6. The van der Waals surface area contributed by atoms with Crippen molar-refractivity contribution >= 4 is 43.1 Å². The highest BCUT2D eigenvalue weighted by molar-refractivity contribution is 9.10. The van der Waals surface area contributed by atoms with E-state index >= 15 is 0 Å². The molecule has 3 rings (SSSR count). The van der Waals surface area contributed by atoms with Gasteiger partial charge in [-0.1, -0.05) is 11.6 Å². The summed E-state index contributed by atoms with van der Waals surface area (Å²) >= 11 is 8.84. The van der Waals surface area contributed by atoms with Crippen LogP contribution in [0, 0.1) is 5.82 Å². The average molecular weight is 438 g/mol. The van der Waals surface area contributed by atoms with Crippen molar-refractivity contribution in [3.05, 3.63) is 45.8 Å². The topological polar surface area (TPSA) is 86.7 Å². The van der Waals surface area contributed by atoms with Crippen LogP contribution >= 0.6 is 27.5 Å². The van der Waals surface area contributed by atoms with Crippen molar-refractivity contribution in [3.8, 4) is 17.0 Å². The molecule has 2 heterocycles. The van der Waals surface area contributed by atoms with E-state index in [1.165, 1.54) is 18.3 Å². The number of sulfonamides is 1. The Bertz CT molecular complexity index is 1170. The molecule has 2 N–H and O–H groups in total. The molecule has 0 fully saturated rings. The molecule has 126 valence electrons. The zero-order chi connectivity index (χ0) is 20.1. The lowest BCUT2D eigenvalue weighted by atomic mass is 10.1. The van der Waals surface area contributed by atoms with Gasteiger partial charge in [-0.2, -0.15) is 5.10 Å². The molecule has 0 aliphatic carbocycles. The number of hydrogen-bond donors (Lipinski definition) is 1. The van der Waals surface area contributed by atoms with Crippen LogP contribution in [0.15, 0.2) is 39.8 Å². The predicted molar refractivity (Wildman–Crippen MR) is 91.2 cm³/mol. The number of primary sulfonamides is 1. The maximum absolute atomic E-state index is 14.1. The van der Waals surface area contributed by atoms with E-state index in [1.807, 2.05) is 0 Å². The van der Waals surface area contributed by atoms with Gasteiger partial charge in [0.15, 0.2) is 0 Å². The van der Waals surface area contributed by atoms with Crippen molar-refractivity contribution < 1.29 is 21.7 Å². The normalized spacial score (nSPS) is 14.2. The molecule has 24 heavy (non-hydrogen) atoms. The van der Waals surface area contributed by atoms with Crippen LogP contribution in [0.1, 0.15) is 4.11 Å². The SMILES string of the molecule is [2H]C([2H])([2H])Oc1cc(Br)c(F)cc1-c1nn2cc(Cl)ccc2c1S(N)(=O)=O. The van der Waals surface area contributed by atoms with Crippen LogP contribution in [0.25, 0.3) is 16.8 Å². The van der Waals surface area contributed by atoms with E-state index in [4.69, 9.17) is 25.6 Å². The molecule has 0 spiro atoms. The minimum Gasteiger partial charge on any atom is -0.496 e. The van der Waals surface area contributed by atoms with E-state index in [9.17, 15) is 12.8 Å². The van der Waals surface area contributed by atoms with Crippen molar-refractivity contribution in [2.75, 3.05) is 7.04 Å². The Labute approximate surface area is 154 Å². The lowest BCUT2D eigenvalue weighted by molar-refractivity contribution is 0.414. The number of nitrogens with two attached hydrogens (primary N) is 1. The number of rotatable bonds is 3. The van der Waals surface area contributed by atoms with Gasteiger partial charge in [0.25, 0.3) is 0 Å². The number of fused-ring (bicyclic) bond motifs is 1. The van der Waals surface area contributed by atoms with E-state index in [0.717, 1.165) is 16.6 Å². The summed E-state index contributed by atoms with van der Waals surface area (Å²) in [5.41, 5.74) is -0.388. The average Bonchev–Trinajstić information content (AvgIpc) is 2.87. The summed E-state index contributed by atoms with van der Waals surface area (Å²) in [4.78, 5) is -0.420. The molecular formula is C14H10BrClFN3O3S.